The van der Waals surface area contributed by atoms with Crippen molar-refractivity contribution < 1.29 is 0 Å². The lowest BCUT2D eigenvalue weighted by Gasteiger charge is -2.61. The van der Waals surface area contributed by atoms with Crippen molar-refractivity contribution in [3.8, 4) is 44.5 Å². The summed E-state index contributed by atoms with van der Waals surface area (Å²) < 4.78 is 0. The van der Waals surface area contributed by atoms with Crippen LogP contribution in [0.15, 0.2) is 152 Å². The molecule has 318 valence electrons. The minimum absolute atomic E-state index is 0.0956. The maximum Gasteiger partial charge on any atom is 0.0467 e. The van der Waals surface area contributed by atoms with Gasteiger partial charge in [-0.15, -0.1) is 0 Å². The molecule has 1 nitrogen and oxygen atoms in total. The van der Waals surface area contributed by atoms with Gasteiger partial charge in [0.25, 0.3) is 0 Å². The molecule has 0 unspecified atom stereocenters. The average Bonchev–Trinajstić information content (AvgIpc) is 3.73. The highest BCUT2D eigenvalue weighted by atomic mass is 15.1. The van der Waals surface area contributed by atoms with E-state index in [1.54, 1.807) is 11.1 Å². The zero-order valence-corrected chi connectivity index (χ0v) is 38.6. The normalized spacial score (nSPS) is 25.3. The lowest BCUT2D eigenvalue weighted by Crippen LogP contribution is -2.55. The Labute approximate surface area is 381 Å². The van der Waals surface area contributed by atoms with Crippen molar-refractivity contribution in [2.75, 3.05) is 4.90 Å². The van der Waals surface area contributed by atoms with Crippen molar-refractivity contribution >= 4 is 17.1 Å². The highest BCUT2D eigenvalue weighted by Gasteiger charge is 2.61. The van der Waals surface area contributed by atoms with Crippen LogP contribution >= 0.6 is 0 Å². The molecule has 4 fully saturated rings. The first kappa shape index (κ1) is 38.8. The molecule has 0 N–H and O–H groups in total. The monoisotopic (exact) mass is 831 g/mol. The van der Waals surface area contributed by atoms with Crippen LogP contribution in [0.3, 0.4) is 0 Å². The van der Waals surface area contributed by atoms with Gasteiger partial charge in [0.2, 0.25) is 0 Å². The van der Waals surface area contributed by atoms with Gasteiger partial charge in [-0.2, -0.15) is 0 Å². The van der Waals surface area contributed by atoms with Crippen LogP contribution in [-0.4, -0.2) is 0 Å². The van der Waals surface area contributed by atoms with Gasteiger partial charge in [0.05, 0.1) is 0 Å². The lowest BCUT2D eigenvalue weighted by molar-refractivity contribution is -0.0399. The first-order chi connectivity index (χ1) is 30.9. The highest BCUT2D eigenvalue weighted by Crippen LogP contribution is 2.70. The second kappa shape index (κ2) is 13.4. The molecule has 1 spiro atoms. The molecule has 7 aromatic rings. The Morgan fingerprint density at radius 2 is 0.938 bits per heavy atom. The number of fused-ring (bicyclic) bond motifs is 7. The summed E-state index contributed by atoms with van der Waals surface area (Å²) in [6.07, 6.45) is 9.54. The van der Waals surface area contributed by atoms with E-state index in [1.165, 1.54) is 129 Å². The first-order valence-electron chi connectivity index (χ1n) is 24.6. The van der Waals surface area contributed by atoms with Crippen LogP contribution in [0.4, 0.5) is 17.1 Å². The second-order valence-corrected chi connectivity index (χ2v) is 22.8. The van der Waals surface area contributed by atoms with Crippen molar-refractivity contribution in [1.29, 1.82) is 0 Å². The maximum absolute atomic E-state index is 2.53. The molecule has 0 heterocycles. The Morgan fingerprint density at radius 1 is 0.375 bits per heavy atom. The number of hydrogen-bond acceptors (Lipinski definition) is 1. The number of nitrogens with zero attached hydrogens (tertiary/aromatic N) is 1. The van der Waals surface area contributed by atoms with E-state index in [0.717, 1.165) is 23.7 Å². The number of hydrogen-bond donors (Lipinski definition) is 0. The van der Waals surface area contributed by atoms with Gasteiger partial charge in [-0.05, 0) is 194 Å². The summed E-state index contributed by atoms with van der Waals surface area (Å²) in [7, 11) is 0. The van der Waals surface area contributed by atoms with Gasteiger partial charge in [0, 0.05) is 27.9 Å². The van der Waals surface area contributed by atoms with E-state index in [2.05, 4.69) is 198 Å². The van der Waals surface area contributed by atoms with Crippen LogP contribution < -0.4 is 4.90 Å². The summed E-state index contributed by atoms with van der Waals surface area (Å²) in [4.78, 5) is 2.51. The molecule has 0 amide bonds. The molecule has 1 heteroatoms. The van der Waals surface area contributed by atoms with Crippen LogP contribution in [-0.2, 0) is 21.7 Å². The van der Waals surface area contributed by atoms with E-state index in [1.807, 2.05) is 0 Å². The highest BCUT2D eigenvalue weighted by molar-refractivity contribution is 5.94. The van der Waals surface area contributed by atoms with Crippen LogP contribution in [0.1, 0.15) is 120 Å². The van der Waals surface area contributed by atoms with E-state index in [9.17, 15) is 0 Å². The lowest BCUT2D eigenvalue weighted by atomic mass is 9.43. The molecule has 0 aliphatic heterocycles. The Morgan fingerprint density at radius 3 is 1.69 bits per heavy atom. The summed E-state index contributed by atoms with van der Waals surface area (Å²) in [6.45, 7) is 14.5. The van der Waals surface area contributed by atoms with E-state index in [-0.39, 0.29) is 21.7 Å². The summed E-state index contributed by atoms with van der Waals surface area (Å²) in [6, 6.07) is 59.3. The fourth-order valence-electron chi connectivity index (χ4n) is 15.1. The summed E-state index contributed by atoms with van der Waals surface area (Å²) in [5.74, 6) is 3.40. The molecule has 0 aromatic heterocycles. The Hall–Kier alpha value is -5.66. The minimum Gasteiger partial charge on any atom is -0.310 e. The summed E-state index contributed by atoms with van der Waals surface area (Å²) in [5.41, 5.74) is 23.9. The molecule has 14 rings (SSSR count). The summed E-state index contributed by atoms with van der Waals surface area (Å²) in [5, 5.41) is 0. The zero-order valence-electron chi connectivity index (χ0n) is 38.6. The predicted molar refractivity (Wildman–Crippen MR) is 268 cm³/mol. The number of rotatable bonds is 5. The second-order valence-electron chi connectivity index (χ2n) is 22.8. The van der Waals surface area contributed by atoms with E-state index in [4.69, 9.17) is 0 Å². The van der Waals surface area contributed by atoms with Crippen LogP contribution in [0.25, 0.3) is 44.5 Å². The number of benzene rings is 7. The van der Waals surface area contributed by atoms with E-state index >= 15 is 0 Å². The van der Waals surface area contributed by atoms with Gasteiger partial charge in [0.1, 0.15) is 0 Å². The van der Waals surface area contributed by atoms with Crippen LogP contribution in [0.5, 0.6) is 0 Å². The molecule has 4 bridgehead atoms. The van der Waals surface area contributed by atoms with Gasteiger partial charge in [-0.25, -0.2) is 0 Å². The molecular formula is C63H61N. The van der Waals surface area contributed by atoms with Gasteiger partial charge in [-0.3, -0.25) is 0 Å². The van der Waals surface area contributed by atoms with Crippen molar-refractivity contribution in [2.24, 2.45) is 23.7 Å². The molecule has 0 radical (unpaired) electrons. The van der Waals surface area contributed by atoms with Crippen LogP contribution in [0, 0.1) is 23.7 Å². The van der Waals surface area contributed by atoms with Crippen molar-refractivity contribution in [3.63, 3.8) is 0 Å². The Bertz CT molecular complexity index is 3020. The van der Waals surface area contributed by atoms with Gasteiger partial charge < -0.3 is 4.90 Å². The molecule has 0 saturated heterocycles. The van der Waals surface area contributed by atoms with Gasteiger partial charge >= 0.3 is 0 Å². The largest absolute Gasteiger partial charge is 0.310 e. The van der Waals surface area contributed by atoms with Gasteiger partial charge in [-0.1, -0.05) is 157 Å². The Balaban J connectivity index is 0.938. The third-order valence-electron chi connectivity index (χ3n) is 18.1. The molecule has 64 heavy (non-hydrogen) atoms. The molecule has 7 aliphatic rings. The van der Waals surface area contributed by atoms with Crippen molar-refractivity contribution in [2.45, 2.75) is 108 Å². The average molecular weight is 832 g/mol. The zero-order chi connectivity index (χ0) is 43.3. The molecular weight excluding hydrogens is 771 g/mol. The predicted octanol–water partition coefficient (Wildman–Crippen LogP) is 16.9. The number of anilines is 3. The fraction of sp³-hybridized carbons (Fsp3) is 0.333. The minimum atomic E-state index is -0.0956. The molecule has 4 saturated carbocycles. The van der Waals surface area contributed by atoms with Gasteiger partial charge in [0.15, 0.2) is 0 Å². The van der Waals surface area contributed by atoms with E-state index in [0.29, 0.717) is 0 Å². The SMILES string of the molecule is CC1(C)CCC(C)(C)c2cc(-c3cccc(N(c4ccc(-c5cccc6c5-c5ccccc5C65C6CC7CC(C6)CC5C7)cc4)c4ccc5c(c4)C(C)(C)c4ccccc4-5)c3)ccc21. The van der Waals surface area contributed by atoms with Crippen molar-refractivity contribution in [1.82, 2.24) is 0 Å². The quantitative estimate of drug-likeness (QED) is 0.167. The molecule has 7 aromatic carbocycles. The maximum atomic E-state index is 2.53. The third kappa shape index (κ3) is 5.36. The molecule has 7 aliphatic carbocycles. The van der Waals surface area contributed by atoms with E-state index < -0.39 is 0 Å². The fourth-order valence-corrected chi connectivity index (χ4v) is 15.1. The molecule has 0 atom stereocenters. The first-order valence-corrected chi connectivity index (χ1v) is 24.6. The smallest absolute Gasteiger partial charge is 0.0467 e. The topological polar surface area (TPSA) is 3.24 Å². The third-order valence-corrected chi connectivity index (χ3v) is 18.1. The standard InChI is InChI=1S/C63H61N/c1-60(2)29-30-61(3,4)58-37-43(23-28-55(58)60)42-13-11-14-47(36-42)64(48-26-27-51-50-15-7-9-18-53(50)62(5,6)57(51)38-48)46-24-21-41(22-25-46)49-17-12-20-56-59(49)52-16-8-10-19-54(52)63(56)44-32-39-31-40(34-44)35-45(63)33-39/h7-28,36-40,44-45H,29-35H2,1-6H3. The van der Waals surface area contributed by atoms with Crippen molar-refractivity contribution in [3.05, 3.63) is 185 Å². The van der Waals surface area contributed by atoms with Crippen LogP contribution in [0.2, 0.25) is 0 Å². The summed E-state index contributed by atoms with van der Waals surface area (Å²) >= 11 is 0. The Kier molecular flexibility index (Phi) is 8.15.